The summed E-state index contributed by atoms with van der Waals surface area (Å²) in [6.45, 7) is 9.99. The zero-order valence-electron chi connectivity index (χ0n) is 11.8. The van der Waals surface area contributed by atoms with E-state index in [0.717, 1.165) is 12.2 Å². The maximum absolute atomic E-state index is 4.33. The Labute approximate surface area is 111 Å². The molecule has 0 unspecified atom stereocenters. The van der Waals surface area contributed by atoms with Gasteiger partial charge in [0.25, 0.3) is 0 Å². The SMILES string of the molecule is Cc1ccc(CNC2CCN(C(C)C)CC2)cn1. The second kappa shape index (κ2) is 6.30. The number of likely N-dealkylation sites (tertiary alicyclic amines) is 1. The van der Waals surface area contributed by atoms with Gasteiger partial charge in [-0.25, -0.2) is 0 Å². The van der Waals surface area contributed by atoms with Crippen molar-refractivity contribution in [2.45, 2.75) is 52.2 Å². The summed E-state index contributed by atoms with van der Waals surface area (Å²) < 4.78 is 0. The number of pyridine rings is 1. The molecule has 0 saturated carbocycles. The van der Waals surface area contributed by atoms with Gasteiger partial charge in [-0.2, -0.15) is 0 Å². The number of nitrogens with zero attached hydrogens (tertiary/aromatic N) is 2. The van der Waals surface area contributed by atoms with Gasteiger partial charge in [0.05, 0.1) is 0 Å². The number of aromatic nitrogens is 1. The van der Waals surface area contributed by atoms with Crippen molar-refractivity contribution in [2.24, 2.45) is 0 Å². The van der Waals surface area contributed by atoms with Crippen LogP contribution in [0.25, 0.3) is 0 Å². The fourth-order valence-electron chi connectivity index (χ4n) is 2.49. The number of nitrogens with one attached hydrogen (secondary N) is 1. The van der Waals surface area contributed by atoms with E-state index in [9.17, 15) is 0 Å². The molecule has 2 heterocycles. The first-order valence-electron chi connectivity index (χ1n) is 7.04. The van der Waals surface area contributed by atoms with Crippen molar-refractivity contribution in [3.8, 4) is 0 Å². The summed E-state index contributed by atoms with van der Waals surface area (Å²) in [5, 5.41) is 3.65. The van der Waals surface area contributed by atoms with Crippen LogP contribution in [0.1, 0.15) is 37.9 Å². The smallest absolute Gasteiger partial charge is 0.0372 e. The van der Waals surface area contributed by atoms with Crippen LogP contribution < -0.4 is 5.32 Å². The highest BCUT2D eigenvalue weighted by molar-refractivity contribution is 5.12. The normalized spacial score (nSPS) is 18.4. The summed E-state index contributed by atoms with van der Waals surface area (Å²) in [5.41, 5.74) is 2.37. The monoisotopic (exact) mass is 247 g/mol. The van der Waals surface area contributed by atoms with Crippen molar-refractivity contribution >= 4 is 0 Å². The van der Waals surface area contributed by atoms with E-state index in [2.05, 4.69) is 41.2 Å². The highest BCUT2D eigenvalue weighted by Crippen LogP contribution is 2.13. The van der Waals surface area contributed by atoms with Gasteiger partial charge in [0, 0.05) is 30.5 Å². The van der Waals surface area contributed by atoms with E-state index >= 15 is 0 Å². The van der Waals surface area contributed by atoms with Crippen molar-refractivity contribution < 1.29 is 0 Å². The van der Waals surface area contributed by atoms with E-state index < -0.39 is 0 Å². The van der Waals surface area contributed by atoms with Crippen LogP contribution in [0.15, 0.2) is 18.3 Å². The second-order valence-electron chi connectivity index (χ2n) is 5.59. The first kappa shape index (κ1) is 13.5. The lowest BCUT2D eigenvalue weighted by Crippen LogP contribution is -2.44. The Balaban J connectivity index is 1.74. The van der Waals surface area contributed by atoms with E-state index in [1.807, 2.05) is 13.1 Å². The highest BCUT2D eigenvalue weighted by atomic mass is 15.2. The molecule has 0 aliphatic carbocycles. The minimum absolute atomic E-state index is 0.668. The maximum Gasteiger partial charge on any atom is 0.0372 e. The Morgan fingerprint density at radius 3 is 2.61 bits per heavy atom. The summed E-state index contributed by atoms with van der Waals surface area (Å²) in [5.74, 6) is 0. The Morgan fingerprint density at radius 2 is 2.06 bits per heavy atom. The molecule has 0 bridgehead atoms. The summed E-state index contributed by atoms with van der Waals surface area (Å²) in [6, 6.07) is 5.60. The summed E-state index contributed by atoms with van der Waals surface area (Å²) >= 11 is 0. The Hall–Kier alpha value is -0.930. The quantitative estimate of drug-likeness (QED) is 0.885. The van der Waals surface area contributed by atoms with Crippen LogP contribution in [0, 0.1) is 6.92 Å². The van der Waals surface area contributed by atoms with Crippen LogP contribution in [0.3, 0.4) is 0 Å². The molecular weight excluding hydrogens is 222 g/mol. The first-order chi connectivity index (χ1) is 8.65. The van der Waals surface area contributed by atoms with Crippen LogP contribution in [0.2, 0.25) is 0 Å². The molecule has 100 valence electrons. The minimum atomic E-state index is 0.668. The molecule has 0 radical (unpaired) electrons. The molecule has 1 fully saturated rings. The van der Waals surface area contributed by atoms with Gasteiger partial charge >= 0.3 is 0 Å². The molecule has 1 aliphatic rings. The van der Waals surface area contributed by atoms with Crippen LogP contribution in [0.4, 0.5) is 0 Å². The van der Waals surface area contributed by atoms with Gasteiger partial charge in [-0.15, -0.1) is 0 Å². The van der Waals surface area contributed by atoms with E-state index in [0.29, 0.717) is 12.1 Å². The van der Waals surface area contributed by atoms with Crippen molar-refractivity contribution in [2.75, 3.05) is 13.1 Å². The van der Waals surface area contributed by atoms with Gasteiger partial charge in [0.1, 0.15) is 0 Å². The fourth-order valence-corrected chi connectivity index (χ4v) is 2.49. The van der Waals surface area contributed by atoms with Crippen molar-refractivity contribution in [3.63, 3.8) is 0 Å². The van der Waals surface area contributed by atoms with Crippen molar-refractivity contribution in [1.29, 1.82) is 0 Å². The van der Waals surface area contributed by atoms with Gasteiger partial charge in [-0.1, -0.05) is 6.07 Å². The minimum Gasteiger partial charge on any atom is -0.310 e. The van der Waals surface area contributed by atoms with Gasteiger partial charge in [-0.3, -0.25) is 4.98 Å². The molecule has 0 amide bonds. The summed E-state index contributed by atoms with van der Waals surface area (Å²) in [7, 11) is 0. The van der Waals surface area contributed by atoms with E-state index in [4.69, 9.17) is 0 Å². The second-order valence-corrected chi connectivity index (χ2v) is 5.59. The average Bonchev–Trinajstić information content (AvgIpc) is 2.38. The molecule has 1 aromatic rings. The first-order valence-corrected chi connectivity index (χ1v) is 7.04. The van der Waals surface area contributed by atoms with Gasteiger partial charge in [0.15, 0.2) is 0 Å². The molecule has 2 rings (SSSR count). The molecule has 0 aromatic carbocycles. The molecule has 0 atom stereocenters. The van der Waals surface area contributed by atoms with Crippen LogP contribution in [-0.2, 0) is 6.54 Å². The zero-order chi connectivity index (χ0) is 13.0. The van der Waals surface area contributed by atoms with Crippen molar-refractivity contribution in [3.05, 3.63) is 29.6 Å². The van der Waals surface area contributed by atoms with Crippen LogP contribution >= 0.6 is 0 Å². The average molecular weight is 247 g/mol. The molecule has 0 spiro atoms. The molecule has 3 heteroatoms. The highest BCUT2D eigenvalue weighted by Gasteiger charge is 2.20. The molecular formula is C15H25N3. The number of piperidine rings is 1. The Bertz CT molecular complexity index is 351. The van der Waals surface area contributed by atoms with Gasteiger partial charge < -0.3 is 10.2 Å². The fraction of sp³-hybridized carbons (Fsp3) is 0.667. The predicted octanol–water partition coefficient (Wildman–Crippen LogP) is 2.35. The molecule has 18 heavy (non-hydrogen) atoms. The third-order valence-electron chi connectivity index (χ3n) is 3.83. The lowest BCUT2D eigenvalue weighted by molar-refractivity contribution is 0.161. The van der Waals surface area contributed by atoms with Crippen LogP contribution in [-0.4, -0.2) is 35.1 Å². The van der Waals surface area contributed by atoms with E-state index in [-0.39, 0.29) is 0 Å². The Morgan fingerprint density at radius 1 is 1.33 bits per heavy atom. The van der Waals surface area contributed by atoms with Gasteiger partial charge in [0.2, 0.25) is 0 Å². The number of hydrogen-bond acceptors (Lipinski definition) is 3. The molecule has 1 aromatic heterocycles. The molecule has 3 nitrogen and oxygen atoms in total. The lowest BCUT2D eigenvalue weighted by atomic mass is 10.0. The number of rotatable bonds is 4. The van der Waals surface area contributed by atoms with Crippen LogP contribution in [0.5, 0.6) is 0 Å². The Kier molecular flexibility index (Phi) is 4.72. The molecule has 1 aliphatic heterocycles. The standard InChI is InChI=1S/C15H25N3/c1-12(2)18-8-6-15(7-9-18)17-11-14-5-4-13(3)16-10-14/h4-5,10,12,15,17H,6-9,11H2,1-3H3. The molecule has 1 saturated heterocycles. The number of aryl methyl sites for hydroxylation is 1. The lowest BCUT2D eigenvalue weighted by Gasteiger charge is -2.35. The largest absolute Gasteiger partial charge is 0.310 e. The molecule has 1 N–H and O–H groups in total. The summed E-state index contributed by atoms with van der Waals surface area (Å²) in [4.78, 5) is 6.89. The zero-order valence-corrected chi connectivity index (χ0v) is 11.8. The third kappa shape index (κ3) is 3.79. The third-order valence-corrected chi connectivity index (χ3v) is 3.83. The topological polar surface area (TPSA) is 28.2 Å². The predicted molar refractivity (Wildman–Crippen MR) is 75.5 cm³/mol. The summed E-state index contributed by atoms with van der Waals surface area (Å²) in [6.07, 6.45) is 4.50. The van der Waals surface area contributed by atoms with Gasteiger partial charge in [-0.05, 0) is 58.3 Å². The maximum atomic E-state index is 4.33. The van der Waals surface area contributed by atoms with Crippen molar-refractivity contribution in [1.82, 2.24) is 15.2 Å². The van der Waals surface area contributed by atoms with E-state index in [1.54, 1.807) is 0 Å². The number of hydrogen-bond donors (Lipinski definition) is 1. The van der Waals surface area contributed by atoms with E-state index in [1.165, 1.54) is 31.5 Å².